The van der Waals surface area contributed by atoms with Crippen molar-refractivity contribution in [1.82, 2.24) is 20.2 Å². The molecule has 2 aromatic rings. The number of carbonyl (C=O) groups excluding carboxylic acids is 3. The molecule has 200 valence electrons. The number of rotatable bonds is 9. The standard InChI is InChI=1S/C26H31N7O5/c1-16(2)38-21-11-17(3-6-20(21)31-26(36)32-23-14-29-19(12-27)13-30-23)7-8-28-24(34)22-15-33(9-10-37-22)25(35)18-4-5-18/h3,6,11,13-14,16,18,22H,4-5,7-10,15H2,1-2H3,(H,28,34)(H2,30,31,32,36)/t22-/m1/s1. The number of carbonyl (C=O) groups is 3. The summed E-state index contributed by atoms with van der Waals surface area (Å²) < 4.78 is 11.5. The van der Waals surface area contributed by atoms with E-state index in [9.17, 15) is 14.4 Å². The van der Waals surface area contributed by atoms with Gasteiger partial charge >= 0.3 is 6.03 Å². The van der Waals surface area contributed by atoms with Gasteiger partial charge in [-0.1, -0.05) is 6.07 Å². The average molecular weight is 522 g/mol. The molecule has 12 nitrogen and oxygen atoms in total. The second-order valence-corrected chi connectivity index (χ2v) is 9.43. The van der Waals surface area contributed by atoms with Gasteiger partial charge in [0.2, 0.25) is 5.91 Å². The van der Waals surface area contributed by atoms with E-state index in [1.54, 1.807) is 11.0 Å². The number of urea groups is 1. The zero-order valence-electron chi connectivity index (χ0n) is 21.4. The van der Waals surface area contributed by atoms with Crippen LogP contribution in [0.25, 0.3) is 0 Å². The van der Waals surface area contributed by atoms with Crippen LogP contribution in [-0.4, -0.2) is 71.2 Å². The van der Waals surface area contributed by atoms with E-state index in [0.29, 0.717) is 37.6 Å². The van der Waals surface area contributed by atoms with Gasteiger partial charge in [-0.2, -0.15) is 5.26 Å². The Morgan fingerprint density at radius 3 is 2.71 bits per heavy atom. The first-order valence-corrected chi connectivity index (χ1v) is 12.6. The van der Waals surface area contributed by atoms with E-state index in [2.05, 4.69) is 25.9 Å². The number of nitriles is 1. The summed E-state index contributed by atoms with van der Waals surface area (Å²) >= 11 is 0. The van der Waals surface area contributed by atoms with Crippen LogP contribution >= 0.6 is 0 Å². The fraction of sp³-hybridized carbons (Fsp3) is 0.462. The van der Waals surface area contributed by atoms with Crippen LogP contribution in [0.5, 0.6) is 5.75 Å². The third kappa shape index (κ3) is 7.39. The Kier molecular flexibility index (Phi) is 8.70. The fourth-order valence-electron chi connectivity index (χ4n) is 3.94. The number of hydrogen-bond acceptors (Lipinski definition) is 8. The SMILES string of the molecule is CC(C)Oc1cc(CCNC(=O)[C@H]2CN(C(=O)C3CC3)CCO2)ccc1NC(=O)Nc1cnc(C#N)cn1. The third-order valence-corrected chi connectivity index (χ3v) is 5.97. The van der Waals surface area contributed by atoms with Crippen LogP contribution in [-0.2, 0) is 20.7 Å². The largest absolute Gasteiger partial charge is 0.489 e. The molecular formula is C26H31N7O5. The Hall–Kier alpha value is -4.24. The Bertz CT molecular complexity index is 1210. The molecule has 0 spiro atoms. The maximum atomic E-state index is 12.6. The van der Waals surface area contributed by atoms with Crippen molar-refractivity contribution in [1.29, 1.82) is 5.26 Å². The van der Waals surface area contributed by atoms with Crippen LogP contribution in [0.3, 0.4) is 0 Å². The van der Waals surface area contributed by atoms with Gasteiger partial charge < -0.3 is 25.0 Å². The summed E-state index contributed by atoms with van der Waals surface area (Å²) in [6, 6.07) is 6.70. The molecule has 1 aliphatic carbocycles. The normalized spacial score (nSPS) is 16.9. The van der Waals surface area contributed by atoms with Gasteiger partial charge in [0, 0.05) is 19.0 Å². The molecular weight excluding hydrogens is 490 g/mol. The Labute approximate surface area is 220 Å². The molecule has 2 fully saturated rings. The van der Waals surface area contributed by atoms with Gasteiger partial charge in [0.15, 0.2) is 17.6 Å². The summed E-state index contributed by atoms with van der Waals surface area (Å²) in [6.07, 6.45) is 4.15. The Morgan fingerprint density at radius 2 is 2.03 bits per heavy atom. The summed E-state index contributed by atoms with van der Waals surface area (Å²) in [5.41, 5.74) is 1.51. The van der Waals surface area contributed by atoms with Crippen LogP contribution in [0.1, 0.15) is 37.9 Å². The number of aromatic nitrogens is 2. The van der Waals surface area contributed by atoms with Crippen LogP contribution in [0.4, 0.5) is 16.3 Å². The molecule has 4 rings (SSSR count). The predicted molar refractivity (Wildman–Crippen MR) is 137 cm³/mol. The predicted octanol–water partition coefficient (Wildman–Crippen LogP) is 2.08. The first kappa shape index (κ1) is 26.8. The molecule has 0 radical (unpaired) electrons. The highest BCUT2D eigenvalue weighted by atomic mass is 16.5. The van der Waals surface area contributed by atoms with Crippen molar-refractivity contribution in [2.24, 2.45) is 5.92 Å². The minimum Gasteiger partial charge on any atom is -0.489 e. The molecule has 0 unspecified atom stereocenters. The lowest BCUT2D eigenvalue weighted by Crippen LogP contribution is -2.52. The zero-order valence-corrected chi connectivity index (χ0v) is 21.4. The highest BCUT2D eigenvalue weighted by Crippen LogP contribution is 2.31. The van der Waals surface area contributed by atoms with Crippen LogP contribution in [0.15, 0.2) is 30.6 Å². The van der Waals surface area contributed by atoms with Crippen molar-refractivity contribution in [2.75, 3.05) is 36.9 Å². The lowest BCUT2D eigenvalue weighted by atomic mass is 10.1. The van der Waals surface area contributed by atoms with Crippen LogP contribution in [0.2, 0.25) is 0 Å². The molecule has 0 bridgehead atoms. The van der Waals surface area contributed by atoms with Gasteiger partial charge in [-0.15, -0.1) is 0 Å². The molecule has 4 amide bonds. The summed E-state index contributed by atoms with van der Waals surface area (Å²) in [5, 5.41) is 17.0. The van der Waals surface area contributed by atoms with E-state index in [4.69, 9.17) is 14.7 Å². The highest BCUT2D eigenvalue weighted by molar-refractivity contribution is 6.00. The van der Waals surface area contributed by atoms with Gasteiger partial charge in [0.05, 0.1) is 37.3 Å². The van der Waals surface area contributed by atoms with Crippen molar-refractivity contribution >= 4 is 29.4 Å². The summed E-state index contributed by atoms with van der Waals surface area (Å²) in [7, 11) is 0. The summed E-state index contributed by atoms with van der Waals surface area (Å²) in [6.45, 7) is 5.29. The molecule has 1 aliphatic heterocycles. The number of ether oxygens (including phenoxy) is 2. The van der Waals surface area contributed by atoms with E-state index in [0.717, 1.165) is 18.4 Å². The number of anilines is 2. The van der Waals surface area contributed by atoms with Gasteiger partial charge in [-0.25, -0.2) is 14.8 Å². The van der Waals surface area contributed by atoms with Gasteiger partial charge in [0.1, 0.15) is 11.8 Å². The van der Waals surface area contributed by atoms with Gasteiger partial charge in [0.25, 0.3) is 5.91 Å². The van der Waals surface area contributed by atoms with Crippen LogP contribution in [0, 0.1) is 17.2 Å². The van der Waals surface area contributed by atoms with Crippen molar-refractivity contribution in [3.63, 3.8) is 0 Å². The smallest absolute Gasteiger partial charge is 0.324 e. The first-order chi connectivity index (χ1) is 18.3. The molecule has 3 N–H and O–H groups in total. The number of nitrogens with one attached hydrogen (secondary N) is 3. The molecule has 2 aliphatic rings. The van der Waals surface area contributed by atoms with Crippen molar-refractivity contribution < 1.29 is 23.9 Å². The van der Waals surface area contributed by atoms with E-state index < -0.39 is 12.1 Å². The van der Waals surface area contributed by atoms with Crippen molar-refractivity contribution in [2.45, 2.75) is 45.3 Å². The lowest BCUT2D eigenvalue weighted by molar-refractivity contribution is -0.147. The Balaban J connectivity index is 1.30. The zero-order chi connectivity index (χ0) is 27.1. The van der Waals surface area contributed by atoms with E-state index >= 15 is 0 Å². The second kappa shape index (κ2) is 12.3. The average Bonchev–Trinajstić information content (AvgIpc) is 3.75. The minimum absolute atomic E-state index is 0.118. The summed E-state index contributed by atoms with van der Waals surface area (Å²) in [5.74, 6) is 0.679. The summed E-state index contributed by atoms with van der Waals surface area (Å²) in [4.78, 5) is 47.0. The van der Waals surface area contributed by atoms with Crippen molar-refractivity contribution in [3.8, 4) is 11.8 Å². The number of hydrogen-bond donors (Lipinski definition) is 3. The highest BCUT2D eigenvalue weighted by Gasteiger charge is 2.37. The first-order valence-electron chi connectivity index (χ1n) is 12.6. The number of nitrogens with zero attached hydrogens (tertiary/aromatic N) is 4. The third-order valence-electron chi connectivity index (χ3n) is 5.97. The molecule has 38 heavy (non-hydrogen) atoms. The van der Waals surface area contributed by atoms with E-state index in [1.165, 1.54) is 12.4 Å². The topological polar surface area (TPSA) is 159 Å². The molecule has 1 saturated carbocycles. The van der Waals surface area contributed by atoms with Crippen molar-refractivity contribution in [3.05, 3.63) is 41.9 Å². The molecule has 1 saturated heterocycles. The maximum Gasteiger partial charge on any atom is 0.324 e. The lowest BCUT2D eigenvalue weighted by Gasteiger charge is -2.32. The fourth-order valence-corrected chi connectivity index (χ4v) is 3.94. The van der Waals surface area contributed by atoms with Crippen LogP contribution < -0.4 is 20.7 Å². The number of benzene rings is 1. The second-order valence-electron chi connectivity index (χ2n) is 9.43. The number of amides is 4. The van der Waals surface area contributed by atoms with E-state index in [1.807, 2.05) is 32.0 Å². The quantitative estimate of drug-likeness (QED) is 0.452. The number of morpholine rings is 1. The molecule has 1 aromatic heterocycles. The molecule has 1 atom stereocenters. The molecule has 12 heteroatoms. The molecule has 2 heterocycles. The van der Waals surface area contributed by atoms with E-state index in [-0.39, 0.29) is 41.9 Å². The Morgan fingerprint density at radius 1 is 1.21 bits per heavy atom. The molecule has 1 aromatic carbocycles. The monoisotopic (exact) mass is 521 g/mol. The minimum atomic E-state index is -0.669. The maximum absolute atomic E-state index is 12.6. The van der Waals surface area contributed by atoms with Gasteiger partial charge in [-0.05, 0) is 50.8 Å². The van der Waals surface area contributed by atoms with Gasteiger partial charge in [-0.3, -0.25) is 14.9 Å².